The van der Waals surface area contributed by atoms with E-state index in [1.165, 1.54) is 18.4 Å². The van der Waals surface area contributed by atoms with Crippen LogP contribution in [0.25, 0.3) is 0 Å². The zero-order valence-electron chi connectivity index (χ0n) is 10.5. The van der Waals surface area contributed by atoms with Gasteiger partial charge in [-0.15, -0.1) is 0 Å². The topological polar surface area (TPSA) is 66.5 Å². The third-order valence-corrected chi connectivity index (χ3v) is 3.01. The summed E-state index contributed by atoms with van der Waals surface area (Å²) in [6, 6.07) is 7.53. The van der Waals surface area contributed by atoms with Gasteiger partial charge < -0.3 is 15.9 Å². The van der Waals surface area contributed by atoms with Crippen molar-refractivity contribution < 1.29 is 10.2 Å². The molecule has 96 valence electrons. The molecule has 2 unspecified atom stereocenters. The summed E-state index contributed by atoms with van der Waals surface area (Å²) in [4.78, 5) is 0. The number of aryl methyl sites for hydroxylation is 1. The Kier molecular flexibility index (Phi) is 6.19. The molecule has 0 aromatic heterocycles. The Morgan fingerprint density at radius 1 is 1.24 bits per heavy atom. The molecule has 1 aromatic carbocycles. The maximum absolute atomic E-state index is 9.95. The first kappa shape index (κ1) is 14.2. The lowest BCUT2D eigenvalue weighted by atomic mass is 9.98. The second kappa shape index (κ2) is 7.43. The fraction of sp³-hybridized carbons (Fsp3) is 0.571. The summed E-state index contributed by atoms with van der Waals surface area (Å²) >= 11 is 0. The predicted molar refractivity (Wildman–Crippen MR) is 69.7 cm³/mol. The molecule has 0 radical (unpaired) electrons. The molecular weight excluding hydrogens is 214 g/mol. The van der Waals surface area contributed by atoms with E-state index in [4.69, 9.17) is 10.8 Å². The smallest absolute Gasteiger partial charge is 0.0941 e. The lowest BCUT2D eigenvalue weighted by molar-refractivity contribution is 0.129. The first-order chi connectivity index (χ1) is 8.19. The van der Waals surface area contributed by atoms with E-state index in [0.29, 0.717) is 6.42 Å². The summed E-state index contributed by atoms with van der Waals surface area (Å²) in [5.41, 5.74) is 7.88. The maximum atomic E-state index is 9.95. The Balaban J connectivity index is 2.60. The molecule has 3 nitrogen and oxygen atoms in total. The van der Waals surface area contributed by atoms with E-state index in [9.17, 15) is 5.11 Å². The lowest BCUT2D eigenvalue weighted by Gasteiger charge is -2.18. The van der Waals surface area contributed by atoms with E-state index in [-0.39, 0.29) is 6.61 Å². The van der Waals surface area contributed by atoms with Crippen molar-refractivity contribution in [3.8, 4) is 0 Å². The zero-order valence-corrected chi connectivity index (χ0v) is 10.5. The van der Waals surface area contributed by atoms with Gasteiger partial charge in [-0.3, -0.25) is 0 Å². The van der Waals surface area contributed by atoms with Crippen molar-refractivity contribution in [1.29, 1.82) is 0 Å². The van der Waals surface area contributed by atoms with Crippen molar-refractivity contribution >= 4 is 0 Å². The molecule has 0 aliphatic carbocycles. The molecule has 0 saturated heterocycles. The predicted octanol–water partition coefficient (Wildman–Crippen LogP) is 1.77. The van der Waals surface area contributed by atoms with E-state index >= 15 is 0 Å². The van der Waals surface area contributed by atoms with Gasteiger partial charge in [0.1, 0.15) is 0 Å². The van der Waals surface area contributed by atoms with Crippen LogP contribution in [0.3, 0.4) is 0 Å². The summed E-state index contributed by atoms with van der Waals surface area (Å²) in [5, 5.41) is 18.7. The minimum atomic E-state index is -0.692. The van der Waals surface area contributed by atoms with Crippen molar-refractivity contribution in [1.82, 2.24) is 0 Å². The number of benzene rings is 1. The fourth-order valence-corrected chi connectivity index (χ4v) is 1.82. The maximum Gasteiger partial charge on any atom is 0.0941 e. The standard InChI is InChI=1S/C14H23NO2/c1-2-3-4-11-5-7-12(8-6-11)14(17)13(15)9-10-16/h5-8,13-14,16-17H,2-4,9-10,15H2,1H3. The minimum Gasteiger partial charge on any atom is -0.396 e. The summed E-state index contributed by atoms with van der Waals surface area (Å²) in [7, 11) is 0. The van der Waals surface area contributed by atoms with Gasteiger partial charge in [-0.2, -0.15) is 0 Å². The first-order valence-electron chi connectivity index (χ1n) is 6.32. The summed E-state index contributed by atoms with van der Waals surface area (Å²) in [6.07, 6.45) is 3.17. The summed E-state index contributed by atoms with van der Waals surface area (Å²) in [5.74, 6) is 0. The molecule has 0 aliphatic heterocycles. The monoisotopic (exact) mass is 237 g/mol. The van der Waals surface area contributed by atoms with Crippen LogP contribution in [0.5, 0.6) is 0 Å². The minimum absolute atomic E-state index is 0.00676. The van der Waals surface area contributed by atoms with Gasteiger partial charge in [0, 0.05) is 12.6 Å². The van der Waals surface area contributed by atoms with Crippen LogP contribution in [-0.4, -0.2) is 22.9 Å². The van der Waals surface area contributed by atoms with E-state index in [0.717, 1.165) is 12.0 Å². The average Bonchev–Trinajstić information content (AvgIpc) is 2.36. The number of aliphatic hydroxyl groups is 2. The zero-order chi connectivity index (χ0) is 12.7. The van der Waals surface area contributed by atoms with E-state index in [1.807, 2.05) is 24.3 Å². The van der Waals surface area contributed by atoms with E-state index < -0.39 is 12.1 Å². The van der Waals surface area contributed by atoms with Crippen LogP contribution >= 0.6 is 0 Å². The molecule has 17 heavy (non-hydrogen) atoms. The molecule has 1 rings (SSSR count). The molecule has 0 saturated carbocycles. The van der Waals surface area contributed by atoms with Crippen LogP contribution in [0.2, 0.25) is 0 Å². The summed E-state index contributed by atoms with van der Waals surface area (Å²) in [6.45, 7) is 2.18. The van der Waals surface area contributed by atoms with E-state index in [2.05, 4.69) is 6.92 Å². The number of rotatable bonds is 7. The second-order valence-corrected chi connectivity index (χ2v) is 4.47. The molecule has 0 aliphatic rings. The van der Waals surface area contributed by atoms with Crippen LogP contribution in [0.15, 0.2) is 24.3 Å². The molecule has 0 amide bonds. The van der Waals surface area contributed by atoms with Crippen LogP contribution in [0, 0.1) is 0 Å². The third kappa shape index (κ3) is 4.46. The Hall–Kier alpha value is -0.900. The van der Waals surface area contributed by atoms with Gasteiger partial charge in [-0.05, 0) is 30.4 Å². The normalized spacial score (nSPS) is 14.6. The highest BCUT2D eigenvalue weighted by atomic mass is 16.3. The van der Waals surface area contributed by atoms with Crippen molar-refractivity contribution in [2.75, 3.05) is 6.61 Å². The van der Waals surface area contributed by atoms with Crippen LogP contribution in [-0.2, 0) is 6.42 Å². The van der Waals surface area contributed by atoms with Gasteiger partial charge >= 0.3 is 0 Å². The molecule has 0 fully saturated rings. The Morgan fingerprint density at radius 3 is 2.41 bits per heavy atom. The van der Waals surface area contributed by atoms with Crippen LogP contribution in [0.1, 0.15) is 43.4 Å². The number of hydrogen-bond donors (Lipinski definition) is 3. The van der Waals surface area contributed by atoms with E-state index in [1.54, 1.807) is 0 Å². The Morgan fingerprint density at radius 2 is 1.88 bits per heavy atom. The van der Waals surface area contributed by atoms with Crippen LogP contribution < -0.4 is 5.73 Å². The highest BCUT2D eigenvalue weighted by Crippen LogP contribution is 2.18. The molecule has 0 bridgehead atoms. The molecule has 2 atom stereocenters. The molecule has 0 heterocycles. The molecule has 1 aromatic rings. The Labute approximate surface area is 103 Å². The number of hydrogen-bond acceptors (Lipinski definition) is 3. The van der Waals surface area contributed by atoms with Crippen molar-refractivity contribution in [3.63, 3.8) is 0 Å². The van der Waals surface area contributed by atoms with Crippen molar-refractivity contribution in [2.24, 2.45) is 5.73 Å². The SMILES string of the molecule is CCCCc1ccc(C(O)C(N)CCO)cc1. The highest BCUT2D eigenvalue weighted by Gasteiger charge is 2.15. The van der Waals surface area contributed by atoms with Gasteiger partial charge in [0.2, 0.25) is 0 Å². The van der Waals surface area contributed by atoms with Gasteiger partial charge in [-0.1, -0.05) is 37.6 Å². The second-order valence-electron chi connectivity index (χ2n) is 4.47. The van der Waals surface area contributed by atoms with Crippen molar-refractivity contribution in [3.05, 3.63) is 35.4 Å². The molecule has 4 N–H and O–H groups in total. The quantitative estimate of drug-likeness (QED) is 0.677. The third-order valence-electron chi connectivity index (χ3n) is 3.01. The first-order valence-corrected chi connectivity index (χ1v) is 6.32. The fourth-order valence-electron chi connectivity index (χ4n) is 1.82. The number of unbranched alkanes of at least 4 members (excludes halogenated alkanes) is 1. The summed E-state index contributed by atoms with van der Waals surface area (Å²) < 4.78 is 0. The molecule has 3 heteroatoms. The number of nitrogens with two attached hydrogens (primary N) is 1. The van der Waals surface area contributed by atoms with Gasteiger partial charge in [0.05, 0.1) is 6.10 Å². The largest absolute Gasteiger partial charge is 0.396 e. The van der Waals surface area contributed by atoms with Crippen molar-refractivity contribution in [2.45, 2.75) is 44.8 Å². The van der Waals surface area contributed by atoms with Gasteiger partial charge in [0.15, 0.2) is 0 Å². The van der Waals surface area contributed by atoms with Crippen LogP contribution in [0.4, 0.5) is 0 Å². The average molecular weight is 237 g/mol. The number of aliphatic hydroxyl groups excluding tert-OH is 2. The molecule has 0 spiro atoms. The lowest BCUT2D eigenvalue weighted by Crippen LogP contribution is -2.29. The highest BCUT2D eigenvalue weighted by molar-refractivity contribution is 5.25. The Bertz CT molecular complexity index is 311. The van der Waals surface area contributed by atoms with Gasteiger partial charge in [0.25, 0.3) is 0 Å². The van der Waals surface area contributed by atoms with Gasteiger partial charge in [-0.25, -0.2) is 0 Å². The molecular formula is C14H23NO2.